The summed E-state index contributed by atoms with van der Waals surface area (Å²) >= 11 is 0. The van der Waals surface area contributed by atoms with E-state index in [0.29, 0.717) is 0 Å². The minimum absolute atomic E-state index is 0.00273. The van der Waals surface area contributed by atoms with E-state index in [-0.39, 0.29) is 30.7 Å². The highest BCUT2D eigenvalue weighted by Gasteiger charge is 2.21. The van der Waals surface area contributed by atoms with Gasteiger partial charge in [0.05, 0.1) is 19.9 Å². The number of aromatic nitrogens is 4. The molecule has 0 bridgehead atoms. The van der Waals surface area contributed by atoms with Gasteiger partial charge in [0, 0.05) is 27.2 Å². The van der Waals surface area contributed by atoms with Gasteiger partial charge in [0.2, 0.25) is 5.91 Å². The molecule has 1 amide bonds. The SMILES string of the molecule is COC(=O)CCN(Cc1ccccc1)C(=O)Cn1c(=O)c2c(ncn2C)n(C)c1=O. The summed E-state index contributed by atoms with van der Waals surface area (Å²) in [5, 5.41) is 0. The first kappa shape index (κ1) is 21.0. The zero-order chi connectivity index (χ0) is 21.8. The van der Waals surface area contributed by atoms with Crippen molar-refractivity contribution in [2.75, 3.05) is 13.7 Å². The zero-order valence-electron chi connectivity index (χ0n) is 17.1. The largest absolute Gasteiger partial charge is 0.469 e. The highest BCUT2D eigenvalue weighted by molar-refractivity contribution is 5.78. The van der Waals surface area contributed by atoms with Gasteiger partial charge in [-0.2, -0.15) is 0 Å². The molecule has 0 N–H and O–H groups in total. The number of hydrogen-bond acceptors (Lipinski definition) is 6. The van der Waals surface area contributed by atoms with Gasteiger partial charge in [0.15, 0.2) is 11.2 Å². The van der Waals surface area contributed by atoms with Crippen molar-refractivity contribution in [1.82, 2.24) is 23.6 Å². The number of ether oxygens (including phenoxy) is 1. The summed E-state index contributed by atoms with van der Waals surface area (Å²) in [4.78, 5) is 55.7. The molecule has 10 nitrogen and oxygen atoms in total. The monoisotopic (exact) mass is 413 g/mol. The van der Waals surface area contributed by atoms with Gasteiger partial charge in [-0.25, -0.2) is 14.3 Å². The Bertz CT molecular complexity index is 1190. The number of imidazole rings is 1. The van der Waals surface area contributed by atoms with Gasteiger partial charge >= 0.3 is 11.7 Å². The van der Waals surface area contributed by atoms with Crippen LogP contribution in [0.25, 0.3) is 11.2 Å². The van der Waals surface area contributed by atoms with Crippen molar-refractivity contribution in [2.45, 2.75) is 19.5 Å². The number of esters is 1. The molecule has 2 heterocycles. The maximum absolute atomic E-state index is 13.0. The molecular formula is C20H23N5O5. The van der Waals surface area contributed by atoms with E-state index in [1.165, 1.54) is 34.5 Å². The molecule has 0 fully saturated rings. The summed E-state index contributed by atoms with van der Waals surface area (Å²) in [5.41, 5.74) is 0.122. The van der Waals surface area contributed by atoms with Gasteiger partial charge in [-0.05, 0) is 5.56 Å². The Labute approximate surface area is 171 Å². The first-order valence-electron chi connectivity index (χ1n) is 9.32. The molecule has 10 heteroatoms. The Morgan fingerprint density at radius 2 is 1.83 bits per heavy atom. The van der Waals surface area contributed by atoms with Crippen LogP contribution in [0.4, 0.5) is 0 Å². The van der Waals surface area contributed by atoms with E-state index in [4.69, 9.17) is 0 Å². The lowest BCUT2D eigenvalue weighted by atomic mass is 10.2. The Morgan fingerprint density at radius 3 is 2.50 bits per heavy atom. The van der Waals surface area contributed by atoms with Crippen LogP contribution in [0.1, 0.15) is 12.0 Å². The van der Waals surface area contributed by atoms with Crippen molar-refractivity contribution in [3.63, 3.8) is 0 Å². The van der Waals surface area contributed by atoms with Crippen molar-refractivity contribution < 1.29 is 14.3 Å². The van der Waals surface area contributed by atoms with E-state index in [9.17, 15) is 19.2 Å². The minimum Gasteiger partial charge on any atom is -0.469 e. The van der Waals surface area contributed by atoms with Crippen molar-refractivity contribution in [3.05, 3.63) is 63.1 Å². The first-order chi connectivity index (χ1) is 14.3. The quantitative estimate of drug-likeness (QED) is 0.506. The molecule has 0 spiro atoms. The van der Waals surface area contributed by atoms with Gasteiger partial charge < -0.3 is 14.2 Å². The molecule has 0 aliphatic rings. The minimum atomic E-state index is -0.632. The second-order valence-corrected chi connectivity index (χ2v) is 6.89. The number of carbonyl (C=O) groups is 2. The predicted molar refractivity (Wildman–Crippen MR) is 109 cm³/mol. The van der Waals surface area contributed by atoms with E-state index < -0.39 is 29.7 Å². The van der Waals surface area contributed by atoms with Crippen LogP contribution in [-0.4, -0.2) is 49.1 Å². The predicted octanol–water partition coefficient (Wildman–Crippen LogP) is 0.0256. The molecule has 1 aromatic carbocycles. The molecule has 0 saturated carbocycles. The molecule has 30 heavy (non-hydrogen) atoms. The van der Waals surface area contributed by atoms with Gasteiger partial charge in [0.1, 0.15) is 6.54 Å². The molecule has 0 aliphatic heterocycles. The average Bonchev–Trinajstić information content (AvgIpc) is 3.14. The standard InChI is InChI=1S/C20H23N5O5/c1-22-13-21-18-17(22)19(28)25(20(29)23(18)2)12-15(26)24(10-9-16(27)30-3)11-14-7-5-4-6-8-14/h4-8,13H,9-12H2,1-3H3. The lowest BCUT2D eigenvalue weighted by molar-refractivity contribution is -0.142. The number of amides is 1. The van der Waals surface area contributed by atoms with Crippen molar-refractivity contribution in [1.29, 1.82) is 0 Å². The molecule has 3 aromatic rings. The maximum Gasteiger partial charge on any atom is 0.332 e. The number of benzene rings is 1. The highest BCUT2D eigenvalue weighted by atomic mass is 16.5. The lowest BCUT2D eigenvalue weighted by Crippen LogP contribution is -2.45. The van der Waals surface area contributed by atoms with Crippen LogP contribution in [0.2, 0.25) is 0 Å². The number of methoxy groups -OCH3 is 1. The van der Waals surface area contributed by atoms with Crippen LogP contribution >= 0.6 is 0 Å². The van der Waals surface area contributed by atoms with Crippen LogP contribution in [0, 0.1) is 0 Å². The number of nitrogens with zero attached hydrogens (tertiary/aromatic N) is 5. The van der Waals surface area contributed by atoms with E-state index >= 15 is 0 Å². The number of hydrogen-bond donors (Lipinski definition) is 0. The number of aryl methyl sites for hydroxylation is 2. The fourth-order valence-corrected chi connectivity index (χ4v) is 3.19. The molecule has 3 rings (SSSR count). The smallest absolute Gasteiger partial charge is 0.332 e. The van der Waals surface area contributed by atoms with E-state index in [1.807, 2.05) is 30.3 Å². The van der Waals surface area contributed by atoms with Crippen LogP contribution < -0.4 is 11.2 Å². The molecule has 158 valence electrons. The Balaban J connectivity index is 1.93. The fraction of sp³-hybridized carbons (Fsp3) is 0.350. The van der Waals surface area contributed by atoms with Crippen molar-refractivity contribution in [3.8, 4) is 0 Å². The summed E-state index contributed by atoms with van der Waals surface area (Å²) in [6, 6.07) is 9.25. The summed E-state index contributed by atoms with van der Waals surface area (Å²) in [5.74, 6) is -0.909. The summed E-state index contributed by atoms with van der Waals surface area (Å²) < 4.78 is 8.30. The van der Waals surface area contributed by atoms with Crippen LogP contribution in [0.5, 0.6) is 0 Å². The van der Waals surface area contributed by atoms with Crippen molar-refractivity contribution in [2.24, 2.45) is 14.1 Å². The lowest BCUT2D eigenvalue weighted by Gasteiger charge is -2.23. The topological polar surface area (TPSA) is 108 Å². The molecular weight excluding hydrogens is 390 g/mol. The maximum atomic E-state index is 13.0. The molecule has 0 radical (unpaired) electrons. The summed E-state index contributed by atoms with van der Waals surface area (Å²) in [7, 11) is 4.42. The van der Waals surface area contributed by atoms with Gasteiger partial charge in [-0.1, -0.05) is 30.3 Å². The normalized spacial score (nSPS) is 10.9. The average molecular weight is 413 g/mol. The Kier molecular flexibility index (Phi) is 6.14. The summed E-state index contributed by atoms with van der Waals surface area (Å²) in [6.07, 6.45) is 1.44. The second kappa shape index (κ2) is 8.76. The fourth-order valence-electron chi connectivity index (χ4n) is 3.19. The van der Waals surface area contributed by atoms with Crippen molar-refractivity contribution >= 4 is 23.0 Å². The van der Waals surface area contributed by atoms with E-state index in [0.717, 1.165) is 10.1 Å². The van der Waals surface area contributed by atoms with E-state index in [2.05, 4.69) is 9.72 Å². The third-order valence-electron chi connectivity index (χ3n) is 4.88. The third kappa shape index (κ3) is 4.17. The van der Waals surface area contributed by atoms with Gasteiger partial charge in [0.25, 0.3) is 5.56 Å². The van der Waals surface area contributed by atoms with Crippen LogP contribution in [-0.2, 0) is 41.5 Å². The molecule has 0 aliphatic carbocycles. The molecule has 0 unspecified atom stereocenters. The number of rotatable bonds is 7. The van der Waals surface area contributed by atoms with E-state index in [1.54, 1.807) is 7.05 Å². The van der Waals surface area contributed by atoms with Crippen LogP contribution in [0.3, 0.4) is 0 Å². The van der Waals surface area contributed by atoms with Gasteiger partial charge in [-0.3, -0.25) is 19.0 Å². The molecule has 2 aromatic heterocycles. The number of carbonyl (C=O) groups excluding carboxylic acids is 2. The summed E-state index contributed by atoms with van der Waals surface area (Å²) in [6.45, 7) is -0.107. The zero-order valence-corrected chi connectivity index (χ0v) is 17.1. The van der Waals surface area contributed by atoms with Crippen LogP contribution in [0.15, 0.2) is 46.2 Å². The molecule has 0 saturated heterocycles. The van der Waals surface area contributed by atoms with Gasteiger partial charge in [-0.15, -0.1) is 0 Å². The highest BCUT2D eigenvalue weighted by Crippen LogP contribution is 2.08. The first-order valence-corrected chi connectivity index (χ1v) is 9.32. The number of fused-ring (bicyclic) bond motifs is 1. The second-order valence-electron chi connectivity index (χ2n) is 6.89. The molecule has 0 atom stereocenters. The Morgan fingerprint density at radius 1 is 1.13 bits per heavy atom. The Hall–Kier alpha value is -3.69. The third-order valence-corrected chi connectivity index (χ3v) is 4.88.